The summed E-state index contributed by atoms with van der Waals surface area (Å²) in [5.74, 6) is 0.678. The van der Waals surface area contributed by atoms with Crippen molar-refractivity contribution < 1.29 is 20.1 Å². The lowest BCUT2D eigenvalue weighted by atomic mass is 9.82. The molecule has 0 spiro atoms. The number of methoxy groups -OCH3 is 1. The molecule has 3 aromatic rings. The maximum absolute atomic E-state index is 10.2. The highest BCUT2D eigenvalue weighted by molar-refractivity contribution is 5.56. The lowest BCUT2D eigenvalue weighted by Crippen LogP contribution is -2.11. The third kappa shape index (κ3) is 4.67. The number of hydrogen-bond donors (Lipinski definition) is 3. The molecule has 0 saturated heterocycles. The molecule has 0 aliphatic carbocycles. The van der Waals surface area contributed by atoms with Crippen molar-refractivity contribution in [1.82, 2.24) is 0 Å². The molecule has 3 aromatic carbocycles. The highest BCUT2D eigenvalue weighted by Crippen LogP contribution is 2.41. The van der Waals surface area contributed by atoms with Gasteiger partial charge in [0.1, 0.15) is 5.75 Å². The Labute approximate surface area is 184 Å². The third-order valence-electron chi connectivity index (χ3n) is 6.25. The lowest BCUT2D eigenvalue weighted by molar-refractivity contribution is 0.252. The van der Waals surface area contributed by atoms with Crippen LogP contribution in [0.25, 0.3) is 0 Å². The van der Waals surface area contributed by atoms with Crippen LogP contribution in [0.4, 0.5) is 0 Å². The number of benzene rings is 3. The summed E-state index contributed by atoms with van der Waals surface area (Å²) >= 11 is 0. The Kier molecular flexibility index (Phi) is 7.50. The summed E-state index contributed by atoms with van der Waals surface area (Å²) < 4.78 is 5.75. The summed E-state index contributed by atoms with van der Waals surface area (Å²) in [6, 6.07) is 18.4. The molecule has 0 radical (unpaired) electrons. The van der Waals surface area contributed by atoms with Gasteiger partial charge in [-0.2, -0.15) is 0 Å². The molecule has 4 heteroatoms. The van der Waals surface area contributed by atoms with Crippen molar-refractivity contribution in [3.05, 3.63) is 99.1 Å². The average molecular weight is 421 g/mol. The Morgan fingerprint density at radius 2 is 1.23 bits per heavy atom. The molecule has 0 bridgehead atoms. The molecule has 31 heavy (non-hydrogen) atoms. The van der Waals surface area contributed by atoms with Gasteiger partial charge in [0, 0.05) is 23.0 Å². The van der Waals surface area contributed by atoms with Crippen LogP contribution < -0.4 is 4.74 Å². The topological polar surface area (TPSA) is 69.9 Å². The van der Waals surface area contributed by atoms with Gasteiger partial charge in [-0.3, -0.25) is 0 Å². The smallest absolute Gasteiger partial charge is 0.128 e. The zero-order chi connectivity index (χ0) is 22.5. The molecule has 2 atom stereocenters. The minimum atomic E-state index is -0.212. The number of aliphatic hydroxyl groups is 3. The average Bonchev–Trinajstić information content (AvgIpc) is 2.82. The van der Waals surface area contributed by atoms with Crippen LogP contribution in [0.2, 0.25) is 0 Å². The molecule has 0 aliphatic heterocycles. The maximum atomic E-state index is 10.2. The van der Waals surface area contributed by atoms with Crippen molar-refractivity contribution in [3.8, 4) is 5.75 Å². The lowest BCUT2D eigenvalue weighted by Gasteiger charge is -2.26. The maximum Gasteiger partial charge on any atom is 0.128 e. The van der Waals surface area contributed by atoms with Crippen molar-refractivity contribution in [2.24, 2.45) is 0 Å². The summed E-state index contributed by atoms with van der Waals surface area (Å²) in [5, 5.41) is 29.7. The van der Waals surface area contributed by atoms with Crippen LogP contribution in [0.15, 0.2) is 54.6 Å². The molecule has 0 fully saturated rings. The zero-order valence-corrected chi connectivity index (χ0v) is 18.7. The van der Waals surface area contributed by atoms with Crippen molar-refractivity contribution in [2.45, 2.75) is 52.4 Å². The van der Waals surface area contributed by atoms with Crippen LogP contribution in [0.1, 0.15) is 70.2 Å². The van der Waals surface area contributed by atoms with Crippen LogP contribution >= 0.6 is 0 Å². The number of aliphatic hydroxyl groups excluding tert-OH is 3. The minimum Gasteiger partial charge on any atom is -0.496 e. The van der Waals surface area contributed by atoms with Gasteiger partial charge < -0.3 is 20.1 Å². The summed E-state index contributed by atoms with van der Waals surface area (Å²) in [4.78, 5) is 0. The first kappa shape index (κ1) is 23.0. The molecule has 0 amide bonds. The molecule has 3 N–H and O–H groups in total. The molecule has 0 saturated carbocycles. The van der Waals surface area contributed by atoms with Gasteiger partial charge in [-0.1, -0.05) is 74.0 Å². The summed E-state index contributed by atoms with van der Waals surface area (Å²) in [6.45, 7) is 5.91. The van der Waals surface area contributed by atoms with E-state index < -0.39 is 0 Å². The van der Waals surface area contributed by atoms with Gasteiger partial charge in [0.25, 0.3) is 0 Å². The molecular weight excluding hydrogens is 388 g/mol. The molecule has 0 aromatic heterocycles. The van der Waals surface area contributed by atoms with Gasteiger partial charge in [-0.25, -0.2) is 0 Å². The van der Waals surface area contributed by atoms with Gasteiger partial charge in [-0.05, 0) is 34.7 Å². The predicted molar refractivity (Wildman–Crippen MR) is 123 cm³/mol. The standard InChI is InChI=1S/C27H32O4/c1-17-5-9-21(10-6-17)19(3)24-13-23(25(15-29)26(16-30)27(24)31-4)18(2)22-11-7-20(14-28)8-12-22/h5-13,18-19,28-30H,14-16H2,1-4H3. The van der Waals surface area contributed by atoms with Crippen LogP contribution in [0, 0.1) is 6.92 Å². The van der Waals surface area contributed by atoms with E-state index in [0.29, 0.717) is 16.9 Å². The Morgan fingerprint density at radius 1 is 0.710 bits per heavy atom. The zero-order valence-electron chi connectivity index (χ0n) is 18.7. The molecular formula is C27H32O4. The number of rotatable bonds is 8. The van der Waals surface area contributed by atoms with Gasteiger partial charge in [-0.15, -0.1) is 0 Å². The number of aryl methyl sites for hydroxylation is 1. The van der Waals surface area contributed by atoms with E-state index in [4.69, 9.17) is 4.74 Å². The van der Waals surface area contributed by atoms with Gasteiger partial charge in [0.05, 0.1) is 26.9 Å². The minimum absolute atomic E-state index is 0.00457. The molecule has 0 aliphatic rings. The van der Waals surface area contributed by atoms with E-state index in [1.807, 2.05) is 24.3 Å². The molecule has 2 unspecified atom stereocenters. The second-order valence-corrected chi connectivity index (χ2v) is 8.12. The highest BCUT2D eigenvalue weighted by atomic mass is 16.5. The normalized spacial score (nSPS) is 13.1. The Balaban J connectivity index is 2.17. The molecule has 0 heterocycles. The summed E-state index contributed by atoms with van der Waals surface area (Å²) in [6.07, 6.45) is 0. The summed E-state index contributed by atoms with van der Waals surface area (Å²) in [5.41, 5.74) is 7.60. The van der Waals surface area contributed by atoms with Crippen molar-refractivity contribution >= 4 is 0 Å². The van der Waals surface area contributed by atoms with Crippen LogP contribution in [-0.2, 0) is 19.8 Å². The van der Waals surface area contributed by atoms with E-state index in [1.165, 1.54) is 5.56 Å². The van der Waals surface area contributed by atoms with Crippen LogP contribution in [-0.4, -0.2) is 22.4 Å². The van der Waals surface area contributed by atoms with Crippen molar-refractivity contribution in [2.75, 3.05) is 7.11 Å². The molecule has 3 rings (SSSR count). The molecule has 4 nitrogen and oxygen atoms in total. The van der Waals surface area contributed by atoms with E-state index in [9.17, 15) is 15.3 Å². The first-order valence-electron chi connectivity index (χ1n) is 10.7. The largest absolute Gasteiger partial charge is 0.496 e. The highest BCUT2D eigenvalue weighted by Gasteiger charge is 2.25. The second kappa shape index (κ2) is 10.1. The van der Waals surface area contributed by atoms with Crippen LogP contribution in [0.5, 0.6) is 5.75 Å². The summed E-state index contributed by atoms with van der Waals surface area (Å²) in [7, 11) is 1.61. The van der Waals surface area contributed by atoms with Gasteiger partial charge in [0.2, 0.25) is 0 Å². The third-order valence-corrected chi connectivity index (χ3v) is 6.25. The SMILES string of the molecule is COc1c(C(C)c2ccc(C)cc2)cc(C(C)c2ccc(CO)cc2)c(CO)c1CO. The van der Waals surface area contributed by atoms with E-state index in [1.54, 1.807) is 7.11 Å². The second-order valence-electron chi connectivity index (χ2n) is 8.12. The Hall–Kier alpha value is -2.66. The quantitative estimate of drug-likeness (QED) is 0.490. The van der Waals surface area contributed by atoms with E-state index in [2.05, 4.69) is 51.1 Å². The number of ether oxygens (including phenoxy) is 1. The van der Waals surface area contributed by atoms with Crippen LogP contribution in [0.3, 0.4) is 0 Å². The monoisotopic (exact) mass is 420 g/mol. The first-order chi connectivity index (χ1) is 14.9. The van der Waals surface area contributed by atoms with E-state index >= 15 is 0 Å². The van der Waals surface area contributed by atoms with E-state index in [-0.39, 0.29) is 31.7 Å². The van der Waals surface area contributed by atoms with Gasteiger partial charge >= 0.3 is 0 Å². The fraction of sp³-hybridized carbons (Fsp3) is 0.333. The van der Waals surface area contributed by atoms with Crippen molar-refractivity contribution in [3.63, 3.8) is 0 Å². The molecule has 164 valence electrons. The Morgan fingerprint density at radius 3 is 1.71 bits per heavy atom. The van der Waals surface area contributed by atoms with Gasteiger partial charge in [0.15, 0.2) is 0 Å². The first-order valence-corrected chi connectivity index (χ1v) is 10.7. The fourth-order valence-electron chi connectivity index (χ4n) is 4.23. The Bertz CT molecular complexity index is 1010. The fourth-order valence-corrected chi connectivity index (χ4v) is 4.23. The number of hydrogen-bond acceptors (Lipinski definition) is 4. The predicted octanol–water partition coefficient (Wildman–Crippen LogP) is 4.78. The van der Waals surface area contributed by atoms with E-state index in [0.717, 1.165) is 27.8 Å². The van der Waals surface area contributed by atoms with Crippen molar-refractivity contribution in [1.29, 1.82) is 0 Å².